The summed E-state index contributed by atoms with van der Waals surface area (Å²) >= 11 is 0. The van der Waals surface area contributed by atoms with Gasteiger partial charge in [-0.1, -0.05) is 0 Å². The van der Waals surface area contributed by atoms with Gasteiger partial charge in [0.15, 0.2) is 11.5 Å². The Balaban J connectivity index is 1.63. The van der Waals surface area contributed by atoms with E-state index < -0.39 is 27.9 Å². The zero-order valence-electron chi connectivity index (χ0n) is 13.7. The molecule has 12 heteroatoms. The fourth-order valence-corrected chi connectivity index (χ4v) is 4.94. The van der Waals surface area contributed by atoms with Crippen molar-refractivity contribution < 1.29 is 26.4 Å². The number of carbonyl (C=O) groups excluding carboxylic acids is 1. The van der Waals surface area contributed by atoms with E-state index in [0.717, 1.165) is 12.1 Å². The first-order valence-electron chi connectivity index (χ1n) is 8.13. The minimum absolute atomic E-state index is 0.0982. The Hall–Kier alpha value is -1.95. The highest BCUT2D eigenvalue weighted by Crippen LogP contribution is 2.27. The topological polar surface area (TPSA) is 95.5 Å². The second kappa shape index (κ2) is 6.99. The van der Waals surface area contributed by atoms with Gasteiger partial charge in [-0.15, -0.1) is 10.2 Å². The van der Waals surface area contributed by atoms with Gasteiger partial charge in [-0.3, -0.25) is 5.32 Å². The standard InChI is InChI=1S/C14H18F3N5O3S/c15-14(16,17)11-4-5-12(20-19-11)18-13(23)21-6-1-3-10(9-21)22-7-2-8-26(22,24)25/h4-5,10H,1-3,6-9H2,(H,18,20,23)/t10-/m1/s1. The van der Waals surface area contributed by atoms with Crippen LogP contribution in [0.4, 0.5) is 23.8 Å². The molecule has 0 saturated carbocycles. The number of hydrogen-bond acceptors (Lipinski definition) is 5. The van der Waals surface area contributed by atoms with E-state index in [2.05, 4.69) is 15.5 Å². The second-order valence-corrected chi connectivity index (χ2v) is 8.30. The van der Waals surface area contributed by atoms with Crippen LogP contribution in [-0.4, -0.2) is 65.3 Å². The third-order valence-corrected chi connectivity index (χ3v) is 6.42. The van der Waals surface area contributed by atoms with Crippen molar-refractivity contribution in [3.8, 4) is 0 Å². The number of hydrogen-bond donors (Lipinski definition) is 1. The Morgan fingerprint density at radius 1 is 1.19 bits per heavy atom. The third-order valence-electron chi connectivity index (χ3n) is 4.42. The number of amides is 2. The number of nitrogens with zero attached hydrogens (tertiary/aromatic N) is 4. The number of sulfonamides is 1. The molecular formula is C14H18F3N5O3S. The van der Waals surface area contributed by atoms with Gasteiger partial charge in [0, 0.05) is 25.7 Å². The predicted octanol–water partition coefficient (Wildman–Crippen LogP) is 1.53. The molecule has 1 N–H and O–H groups in total. The summed E-state index contributed by atoms with van der Waals surface area (Å²) in [5.74, 6) is 0.0236. The highest BCUT2D eigenvalue weighted by atomic mass is 32.2. The summed E-state index contributed by atoms with van der Waals surface area (Å²) in [5.41, 5.74) is -1.15. The van der Waals surface area contributed by atoms with Crippen LogP contribution in [0.2, 0.25) is 0 Å². The molecule has 2 aliphatic rings. The first kappa shape index (κ1) is 18.8. The van der Waals surface area contributed by atoms with Crippen molar-refractivity contribution in [2.75, 3.05) is 30.7 Å². The number of aromatic nitrogens is 2. The van der Waals surface area contributed by atoms with E-state index in [-0.39, 0.29) is 24.2 Å². The number of likely N-dealkylation sites (tertiary alicyclic amines) is 1. The SMILES string of the molecule is O=C(Nc1ccc(C(F)(F)F)nn1)N1CCC[C@@H](N2CCCS2(=O)=O)C1. The number of rotatable bonds is 2. The van der Waals surface area contributed by atoms with E-state index >= 15 is 0 Å². The summed E-state index contributed by atoms with van der Waals surface area (Å²) in [4.78, 5) is 13.8. The maximum atomic E-state index is 12.5. The Bertz CT molecular complexity index is 769. The van der Waals surface area contributed by atoms with Gasteiger partial charge in [0.25, 0.3) is 0 Å². The minimum atomic E-state index is -4.60. The average Bonchev–Trinajstić information content (AvgIpc) is 2.94. The fourth-order valence-electron chi connectivity index (χ4n) is 3.18. The Labute approximate surface area is 148 Å². The third kappa shape index (κ3) is 4.06. The first-order chi connectivity index (χ1) is 12.2. The van der Waals surface area contributed by atoms with Gasteiger partial charge >= 0.3 is 12.2 Å². The van der Waals surface area contributed by atoms with Gasteiger partial charge in [0.2, 0.25) is 10.0 Å². The van der Waals surface area contributed by atoms with Crippen LogP contribution >= 0.6 is 0 Å². The maximum Gasteiger partial charge on any atom is 0.435 e. The lowest BCUT2D eigenvalue weighted by Gasteiger charge is -2.36. The van der Waals surface area contributed by atoms with Crippen LogP contribution in [0, 0.1) is 0 Å². The lowest BCUT2D eigenvalue weighted by atomic mass is 10.1. The Morgan fingerprint density at radius 3 is 2.54 bits per heavy atom. The van der Waals surface area contributed by atoms with Crippen molar-refractivity contribution in [3.05, 3.63) is 17.8 Å². The number of carbonyl (C=O) groups is 1. The number of urea groups is 1. The molecule has 2 amide bonds. The predicted molar refractivity (Wildman–Crippen MR) is 85.8 cm³/mol. The largest absolute Gasteiger partial charge is 0.435 e. The Morgan fingerprint density at radius 2 is 1.96 bits per heavy atom. The van der Waals surface area contributed by atoms with Crippen molar-refractivity contribution in [2.24, 2.45) is 0 Å². The summed E-state index contributed by atoms with van der Waals surface area (Å²) in [6.07, 6.45) is -2.71. The summed E-state index contributed by atoms with van der Waals surface area (Å²) in [7, 11) is -3.27. The highest BCUT2D eigenvalue weighted by molar-refractivity contribution is 7.89. The molecule has 1 aromatic heterocycles. The van der Waals surface area contributed by atoms with Gasteiger partial charge in [0.1, 0.15) is 0 Å². The van der Waals surface area contributed by atoms with Crippen molar-refractivity contribution in [1.29, 1.82) is 0 Å². The molecule has 3 rings (SSSR count). The van der Waals surface area contributed by atoms with Crippen molar-refractivity contribution >= 4 is 21.9 Å². The summed E-state index contributed by atoms with van der Waals surface area (Å²) in [6.45, 7) is 1.12. The monoisotopic (exact) mass is 393 g/mol. The van der Waals surface area contributed by atoms with Crippen LogP contribution in [0.1, 0.15) is 25.0 Å². The number of piperidine rings is 1. The molecule has 144 valence electrons. The van der Waals surface area contributed by atoms with Gasteiger partial charge in [-0.05, 0) is 31.4 Å². The van der Waals surface area contributed by atoms with E-state index in [4.69, 9.17) is 0 Å². The summed E-state index contributed by atoms with van der Waals surface area (Å²) in [5, 5.41) is 8.81. The molecule has 0 aliphatic carbocycles. The molecule has 1 aromatic rings. The van der Waals surface area contributed by atoms with E-state index in [1.807, 2.05) is 0 Å². The van der Waals surface area contributed by atoms with Gasteiger partial charge in [-0.2, -0.15) is 17.5 Å². The molecule has 3 heterocycles. The second-order valence-electron chi connectivity index (χ2n) is 6.25. The first-order valence-corrected chi connectivity index (χ1v) is 9.74. The average molecular weight is 393 g/mol. The molecule has 2 saturated heterocycles. The molecular weight excluding hydrogens is 375 g/mol. The quantitative estimate of drug-likeness (QED) is 0.822. The fraction of sp³-hybridized carbons (Fsp3) is 0.643. The van der Waals surface area contributed by atoms with Crippen LogP contribution in [0.25, 0.3) is 0 Å². The van der Waals surface area contributed by atoms with E-state index in [1.54, 1.807) is 0 Å². The lowest BCUT2D eigenvalue weighted by molar-refractivity contribution is -0.141. The molecule has 2 fully saturated rings. The number of nitrogens with one attached hydrogen (secondary N) is 1. The Kier molecular flexibility index (Phi) is 5.06. The number of alkyl halides is 3. The highest BCUT2D eigenvalue weighted by Gasteiger charge is 2.37. The zero-order valence-corrected chi connectivity index (χ0v) is 14.6. The van der Waals surface area contributed by atoms with Crippen molar-refractivity contribution in [1.82, 2.24) is 19.4 Å². The number of halogens is 3. The lowest BCUT2D eigenvalue weighted by Crippen LogP contribution is -2.51. The minimum Gasteiger partial charge on any atom is -0.323 e. The molecule has 0 radical (unpaired) electrons. The van der Waals surface area contributed by atoms with Crippen LogP contribution in [0.5, 0.6) is 0 Å². The smallest absolute Gasteiger partial charge is 0.323 e. The molecule has 26 heavy (non-hydrogen) atoms. The zero-order chi connectivity index (χ0) is 18.9. The van der Waals surface area contributed by atoms with E-state index in [9.17, 15) is 26.4 Å². The van der Waals surface area contributed by atoms with Crippen LogP contribution in [0.15, 0.2) is 12.1 Å². The van der Waals surface area contributed by atoms with Crippen molar-refractivity contribution in [2.45, 2.75) is 31.5 Å². The van der Waals surface area contributed by atoms with Crippen molar-refractivity contribution in [3.63, 3.8) is 0 Å². The van der Waals surface area contributed by atoms with Crippen LogP contribution in [-0.2, 0) is 16.2 Å². The van der Waals surface area contributed by atoms with Gasteiger partial charge < -0.3 is 4.90 Å². The normalized spacial score (nSPS) is 23.8. The molecule has 8 nitrogen and oxygen atoms in total. The maximum absolute atomic E-state index is 12.5. The summed E-state index contributed by atoms with van der Waals surface area (Å²) < 4.78 is 62.9. The molecule has 0 unspecified atom stereocenters. The molecule has 0 bridgehead atoms. The van der Waals surface area contributed by atoms with Gasteiger partial charge in [0.05, 0.1) is 5.75 Å². The molecule has 2 aliphatic heterocycles. The van der Waals surface area contributed by atoms with Crippen LogP contribution < -0.4 is 5.32 Å². The van der Waals surface area contributed by atoms with Crippen LogP contribution in [0.3, 0.4) is 0 Å². The summed E-state index contributed by atoms with van der Waals surface area (Å²) in [6, 6.07) is 0.944. The molecule has 1 atom stereocenters. The molecule has 0 spiro atoms. The van der Waals surface area contributed by atoms with E-state index in [0.29, 0.717) is 32.4 Å². The number of anilines is 1. The van der Waals surface area contributed by atoms with E-state index in [1.165, 1.54) is 9.21 Å². The molecule has 0 aromatic carbocycles. The van der Waals surface area contributed by atoms with Gasteiger partial charge in [-0.25, -0.2) is 13.2 Å².